The quantitative estimate of drug-likeness (QED) is 0.670. The average molecular weight is 440 g/mol. The maximum Gasteiger partial charge on any atom is 0.243 e. The van der Waals surface area contributed by atoms with Crippen LogP contribution in [-0.4, -0.2) is 50.8 Å². The summed E-state index contributed by atoms with van der Waals surface area (Å²) in [5, 5.41) is 11.4. The van der Waals surface area contributed by atoms with Crippen LogP contribution < -0.4 is 5.32 Å². The average Bonchev–Trinajstić information content (AvgIpc) is 3.04. The fourth-order valence-electron chi connectivity index (χ4n) is 2.19. The third kappa shape index (κ3) is 5.57. The second-order valence-electron chi connectivity index (χ2n) is 6.16. The van der Waals surface area contributed by atoms with Gasteiger partial charge in [-0.25, -0.2) is 0 Å². The van der Waals surface area contributed by atoms with Gasteiger partial charge in [-0.15, -0.1) is 10.2 Å². The molecule has 1 aromatic carbocycles. The molecular weight excluding hydrogens is 418 g/mol. The molecule has 1 aromatic heterocycles. The summed E-state index contributed by atoms with van der Waals surface area (Å²) in [6.07, 6.45) is 1.65. The van der Waals surface area contributed by atoms with Crippen molar-refractivity contribution in [3.8, 4) is 0 Å². The van der Waals surface area contributed by atoms with E-state index in [-0.39, 0.29) is 30.2 Å². The Morgan fingerprint density at radius 2 is 2.12 bits per heavy atom. The zero-order valence-corrected chi connectivity index (χ0v) is 17.6. The normalized spacial score (nSPS) is 10.8. The first-order valence-corrected chi connectivity index (χ1v) is 9.88. The molecule has 0 spiro atoms. The Bertz CT molecular complexity index is 793. The third-order valence-electron chi connectivity index (χ3n) is 3.69. The molecule has 0 bridgehead atoms. The number of amides is 2. The van der Waals surface area contributed by atoms with E-state index in [0.717, 1.165) is 15.7 Å². The van der Waals surface area contributed by atoms with Crippen molar-refractivity contribution in [1.82, 2.24) is 19.7 Å². The van der Waals surface area contributed by atoms with Crippen LogP contribution in [0.15, 0.2) is 34.2 Å². The second-order valence-corrected chi connectivity index (χ2v) is 8.02. The van der Waals surface area contributed by atoms with Crippen LogP contribution in [0.2, 0.25) is 0 Å². The number of nitrogens with one attached hydrogen (secondary N) is 1. The van der Waals surface area contributed by atoms with E-state index in [0.29, 0.717) is 5.16 Å². The number of carbonyl (C=O) groups excluding carboxylic acids is 2. The highest BCUT2D eigenvalue weighted by molar-refractivity contribution is 9.10. The Morgan fingerprint density at radius 3 is 2.77 bits per heavy atom. The summed E-state index contributed by atoms with van der Waals surface area (Å²) >= 11 is 4.70. The van der Waals surface area contributed by atoms with Gasteiger partial charge in [0.15, 0.2) is 5.16 Å². The lowest BCUT2D eigenvalue weighted by Gasteiger charge is -2.17. The van der Waals surface area contributed by atoms with Crippen LogP contribution in [0.4, 0.5) is 5.69 Å². The van der Waals surface area contributed by atoms with Gasteiger partial charge < -0.3 is 14.8 Å². The molecule has 140 valence electrons. The molecule has 2 rings (SSSR count). The Kier molecular flexibility index (Phi) is 7.22. The standard InChI is InChI=1S/C17H22BrN5O2S/c1-11(2)23-10-19-21-17(23)26-9-16(25)22(4)8-15(24)20-14-6-5-13(18)7-12(14)3/h5-7,10-11H,8-9H2,1-4H3,(H,20,24). The summed E-state index contributed by atoms with van der Waals surface area (Å²) in [7, 11) is 1.62. The molecule has 9 heteroatoms. The van der Waals surface area contributed by atoms with E-state index in [1.807, 2.05) is 43.5 Å². The predicted molar refractivity (Wildman–Crippen MR) is 106 cm³/mol. The van der Waals surface area contributed by atoms with Gasteiger partial charge in [-0.1, -0.05) is 27.7 Å². The number of aryl methyl sites for hydroxylation is 1. The van der Waals surface area contributed by atoms with E-state index in [2.05, 4.69) is 31.4 Å². The first-order chi connectivity index (χ1) is 12.3. The Hall–Kier alpha value is -1.87. The molecule has 0 aliphatic carbocycles. The SMILES string of the molecule is Cc1cc(Br)ccc1NC(=O)CN(C)C(=O)CSc1nncn1C(C)C. The maximum absolute atomic E-state index is 12.3. The molecule has 0 unspecified atom stereocenters. The molecule has 0 saturated carbocycles. The number of hydrogen-bond acceptors (Lipinski definition) is 5. The fraction of sp³-hybridized carbons (Fsp3) is 0.412. The number of rotatable bonds is 7. The first kappa shape index (κ1) is 20.4. The van der Waals surface area contributed by atoms with E-state index < -0.39 is 0 Å². The van der Waals surface area contributed by atoms with Crippen LogP contribution >= 0.6 is 27.7 Å². The minimum atomic E-state index is -0.235. The van der Waals surface area contributed by atoms with Gasteiger partial charge in [0.1, 0.15) is 6.33 Å². The van der Waals surface area contributed by atoms with E-state index in [4.69, 9.17) is 0 Å². The molecule has 0 fully saturated rings. The maximum atomic E-state index is 12.3. The minimum absolute atomic E-state index is 0.00817. The molecule has 0 aliphatic heterocycles. The second kappa shape index (κ2) is 9.18. The van der Waals surface area contributed by atoms with Crippen molar-refractivity contribution in [2.24, 2.45) is 0 Å². The van der Waals surface area contributed by atoms with Gasteiger partial charge >= 0.3 is 0 Å². The highest BCUT2D eigenvalue weighted by Gasteiger charge is 2.16. The molecule has 1 N–H and O–H groups in total. The summed E-state index contributed by atoms with van der Waals surface area (Å²) in [5.41, 5.74) is 1.68. The molecule has 7 nitrogen and oxygen atoms in total. The summed E-state index contributed by atoms with van der Waals surface area (Å²) in [4.78, 5) is 25.9. The first-order valence-electron chi connectivity index (χ1n) is 8.10. The van der Waals surface area contributed by atoms with E-state index in [1.54, 1.807) is 13.4 Å². The monoisotopic (exact) mass is 439 g/mol. The van der Waals surface area contributed by atoms with Crippen molar-refractivity contribution in [1.29, 1.82) is 0 Å². The van der Waals surface area contributed by atoms with Crippen LogP contribution in [0.5, 0.6) is 0 Å². The Balaban J connectivity index is 1.86. The molecule has 0 saturated heterocycles. The summed E-state index contributed by atoms with van der Waals surface area (Å²) < 4.78 is 2.85. The number of nitrogens with zero attached hydrogens (tertiary/aromatic N) is 4. The van der Waals surface area contributed by atoms with Gasteiger partial charge in [0.25, 0.3) is 0 Å². The smallest absolute Gasteiger partial charge is 0.243 e. The molecule has 2 aromatic rings. The van der Waals surface area contributed by atoms with Gasteiger partial charge in [0, 0.05) is 23.2 Å². The van der Waals surface area contributed by atoms with E-state index in [9.17, 15) is 9.59 Å². The van der Waals surface area contributed by atoms with Crippen LogP contribution in [-0.2, 0) is 9.59 Å². The van der Waals surface area contributed by atoms with Gasteiger partial charge in [-0.3, -0.25) is 9.59 Å². The lowest BCUT2D eigenvalue weighted by Crippen LogP contribution is -2.36. The van der Waals surface area contributed by atoms with Gasteiger partial charge in [-0.2, -0.15) is 0 Å². The highest BCUT2D eigenvalue weighted by atomic mass is 79.9. The largest absolute Gasteiger partial charge is 0.336 e. The molecule has 26 heavy (non-hydrogen) atoms. The molecule has 1 heterocycles. The summed E-state index contributed by atoms with van der Waals surface area (Å²) in [6.45, 7) is 5.95. The predicted octanol–water partition coefficient (Wildman–Crippen LogP) is 3.12. The number of benzene rings is 1. The molecule has 0 atom stereocenters. The van der Waals surface area contributed by atoms with Crippen LogP contribution in [0, 0.1) is 6.92 Å². The molecule has 0 radical (unpaired) electrons. The van der Waals surface area contributed by atoms with Gasteiger partial charge in [0.05, 0.1) is 12.3 Å². The number of hydrogen-bond donors (Lipinski definition) is 1. The summed E-state index contributed by atoms with van der Waals surface area (Å²) in [6, 6.07) is 5.83. The zero-order chi connectivity index (χ0) is 19.3. The van der Waals surface area contributed by atoms with Gasteiger partial charge in [0.2, 0.25) is 11.8 Å². The molecule has 2 amide bonds. The number of aromatic nitrogens is 3. The third-order valence-corrected chi connectivity index (χ3v) is 5.13. The van der Waals surface area contributed by atoms with Crippen molar-refractivity contribution >= 4 is 45.2 Å². The van der Waals surface area contributed by atoms with E-state index in [1.165, 1.54) is 16.7 Å². The lowest BCUT2D eigenvalue weighted by atomic mass is 10.2. The highest BCUT2D eigenvalue weighted by Crippen LogP contribution is 2.20. The number of thioether (sulfide) groups is 1. The van der Waals surface area contributed by atoms with Crippen LogP contribution in [0.25, 0.3) is 0 Å². The van der Waals surface area contributed by atoms with Crippen molar-refractivity contribution in [3.05, 3.63) is 34.6 Å². The van der Waals surface area contributed by atoms with Crippen LogP contribution in [0.3, 0.4) is 0 Å². The van der Waals surface area contributed by atoms with E-state index >= 15 is 0 Å². The van der Waals surface area contributed by atoms with Crippen molar-refractivity contribution < 1.29 is 9.59 Å². The van der Waals surface area contributed by atoms with Crippen molar-refractivity contribution in [3.63, 3.8) is 0 Å². The fourth-order valence-corrected chi connectivity index (χ4v) is 3.65. The number of carbonyl (C=O) groups is 2. The minimum Gasteiger partial charge on any atom is -0.336 e. The van der Waals surface area contributed by atoms with Crippen molar-refractivity contribution in [2.75, 3.05) is 24.7 Å². The van der Waals surface area contributed by atoms with Gasteiger partial charge in [-0.05, 0) is 44.5 Å². The lowest BCUT2D eigenvalue weighted by molar-refractivity contribution is -0.131. The topological polar surface area (TPSA) is 80.1 Å². The summed E-state index contributed by atoms with van der Waals surface area (Å²) in [5.74, 6) is -0.176. The van der Waals surface area contributed by atoms with Crippen molar-refractivity contribution in [2.45, 2.75) is 32.0 Å². The number of likely N-dealkylation sites (N-methyl/N-ethyl adjacent to an activating group) is 1. The Labute approximate surface area is 165 Å². The van der Waals surface area contributed by atoms with Crippen LogP contribution in [0.1, 0.15) is 25.5 Å². The Morgan fingerprint density at radius 1 is 1.38 bits per heavy atom. The molecular formula is C17H22BrN5O2S. The number of anilines is 1. The molecule has 0 aliphatic rings. The zero-order valence-electron chi connectivity index (χ0n) is 15.2. The number of halogens is 1.